The minimum absolute atomic E-state index is 0.0825. The van der Waals surface area contributed by atoms with Crippen LogP contribution in [0.25, 0.3) is 0 Å². The summed E-state index contributed by atoms with van der Waals surface area (Å²) < 4.78 is 0. The maximum Gasteiger partial charge on any atom is 0.224 e. The summed E-state index contributed by atoms with van der Waals surface area (Å²) in [6, 6.07) is 5.90. The number of rotatable bonds is 5. The Morgan fingerprint density at radius 3 is 2.59 bits per heavy atom. The van der Waals surface area contributed by atoms with Crippen LogP contribution in [-0.2, 0) is 16.0 Å². The van der Waals surface area contributed by atoms with Gasteiger partial charge in [-0.25, -0.2) is 0 Å². The molecule has 3 N–H and O–H groups in total. The molecule has 1 aromatic rings. The van der Waals surface area contributed by atoms with E-state index in [4.69, 9.17) is 5.73 Å². The van der Waals surface area contributed by atoms with Gasteiger partial charge in [-0.3, -0.25) is 9.59 Å². The standard InChI is InChI=1S/C13H18N2O2/c1-3-10-6-4-5-9(2)13(10)15-12(17)8-7-11(14)16/h4-6H,3,7-8H2,1-2H3,(H2,14,16)(H,15,17). The molecule has 0 spiro atoms. The quantitative estimate of drug-likeness (QED) is 0.814. The number of hydrogen-bond acceptors (Lipinski definition) is 2. The van der Waals surface area contributed by atoms with Gasteiger partial charge in [-0.05, 0) is 24.5 Å². The Kier molecular flexibility index (Phi) is 4.69. The predicted octanol–water partition coefficient (Wildman–Crippen LogP) is 1.76. The molecule has 4 nitrogen and oxygen atoms in total. The van der Waals surface area contributed by atoms with Gasteiger partial charge in [-0.15, -0.1) is 0 Å². The van der Waals surface area contributed by atoms with Gasteiger partial charge >= 0.3 is 0 Å². The normalized spacial score (nSPS) is 10.0. The van der Waals surface area contributed by atoms with Gasteiger partial charge < -0.3 is 11.1 Å². The van der Waals surface area contributed by atoms with Gasteiger partial charge in [0, 0.05) is 18.5 Å². The minimum atomic E-state index is -0.458. The highest BCUT2D eigenvalue weighted by molar-refractivity contribution is 5.94. The van der Waals surface area contributed by atoms with Gasteiger partial charge in [0.1, 0.15) is 0 Å². The summed E-state index contributed by atoms with van der Waals surface area (Å²) in [7, 11) is 0. The molecule has 1 rings (SSSR count). The molecule has 0 aliphatic carbocycles. The van der Waals surface area contributed by atoms with Crippen LogP contribution in [0.15, 0.2) is 18.2 Å². The van der Waals surface area contributed by atoms with Crippen LogP contribution in [0.1, 0.15) is 30.9 Å². The minimum Gasteiger partial charge on any atom is -0.370 e. The van der Waals surface area contributed by atoms with Crippen molar-refractivity contribution in [3.05, 3.63) is 29.3 Å². The summed E-state index contributed by atoms with van der Waals surface area (Å²) in [6.07, 6.45) is 1.07. The van der Waals surface area contributed by atoms with E-state index in [2.05, 4.69) is 5.32 Å². The second-order valence-corrected chi connectivity index (χ2v) is 3.98. The fourth-order valence-electron chi connectivity index (χ4n) is 1.64. The van der Waals surface area contributed by atoms with Crippen molar-refractivity contribution in [1.29, 1.82) is 0 Å². The van der Waals surface area contributed by atoms with E-state index in [0.29, 0.717) is 0 Å². The molecule has 0 heterocycles. The topological polar surface area (TPSA) is 72.2 Å². The smallest absolute Gasteiger partial charge is 0.224 e. The van der Waals surface area contributed by atoms with Crippen molar-refractivity contribution >= 4 is 17.5 Å². The van der Waals surface area contributed by atoms with Gasteiger partial charge in [-0.1, -0.05) is 25.1 Å². The molecule has 1 aromatic carbocycles. The zero-order valence-electron chi connectivity index (χ0n) is 10.2. The summed E-state index contributed by atoms with van der Waals surface area (Å²) in [4.78, 5) is 22.2. The Morgan fingerprint density at radius 1 is 1.29 bits per heavy atom. The van der Waals surface area contributed by atoms with E-state index in [-0.39, 0.29) is 18.7 Å². The summed E-state index contributed by atoms with van der Waals surface area (Å²) in [6.45, 7) is 3.98. The summed E-state index contributed by atoms with van der Waals surface area (Å²) in [5, 5.41) is 2.84. The molecular formula is C13H18N2O2. The lowest BCUT2D eigenvalue weighted by Crippen LogP contribution is -2.18. The first-order valence-corrected chi connectivity index (χ1v) is 5.71. The predicted molar refractivity (Wildman–Crippen MR) is 67.6 cm³/mol. The number of amides is 2. The number of nitrogens with one attached hydrogen (secondary N) is 1. The Morgan fingerprint density at radius 2 is 2.00 bits per heavy atom. The monoisotopic (exact) mass is 234 g/mol. The summed E-state index contributed by atoms with van der Waals surface area (Å²) >= 11 is 0. The van der Waals surface area contributed by atoms with E-state index in [1.165, 1.54) is 0 Å². The van der Waals surface area contributed by atoms with Gasteiger partial charge in [0.05, 0.1) is 0 Å². The SMILES string of the molecule is CCc1cccc(C)c1NC(=O)CCC(N)=O. The molecule has 0 atom stereocenters. The molecule has 0 unspecified atom stereocenters. The average Bonchev–Trinajstić information content (AvgIpc) is 2.29. The van der Waals surface area contributed by atoms with Crippen LogP contribution in [0.4, 0.5) is 5.69 Å². The van der Waals surface area contributed by atoms with Gasteiger partial charge in [0.25, 0.3) is 0 Å². The van der Waals surface area contributed by atoms with Gasteiger partial charge in [-0.2, -0.15) is 0 Å². The number of anilines is 1. The Bertz CT molecular complexity index is 427. The van der Waals surface area contributed by atoms with E-state index >= 15 is 0 Å². The van der Waals surface area contributed by atoms with Crippen molar-refractivity contribution in [1.82, 2.24) is 0 Å². The van der Waals surface area contributed by atoms with Gasteiger partial charge in [0.2, 0.25) is 11.8 Å². The Labute approximate surface area is 101 Å². The number of hydrogen-bond donors (Lipinski definition) is 2. The highest BCUT2D eigenvalue weighted by Gasteiger charge is 2.09. The van der Waals surface area contributed by atoms with Crippen molar-refractivity contribution in [2.24, 2.45) is 5.73 Å². The average molecular weight is 234 g/mol. The lowest BCUT2D eigenvalue weighted by molar-refractivity contribution is -0.122. The fraction of sp³-hybridized carbons (Fsp3) is 0.385. The lowest BCUT2D eigenvalue weighted by atomic mass is 10.1. The van der Waals surface area contributed by atoms with E-state index in [9.17, 15) is 9.59 Å². The molecule has 0 fully saturated rings. The van der Waals surface area contributed by atoms with Crippen molar-refractivity contribution in [3.63, 3.8) is 0 Å². The van der Waals surface area contributed by atoms with Gasteiger partial charge in [0.15, 0.2) is 0 Å². The molecule has 0 saturated heterocycles. The van der Waals surface area contributed by atoms with Crippen molar-refractivity contribution in [2.45, 2.75) is 33.1 Å². The highest BCUT2D eigenvalue weighted by atomic mass is 16.2. The first-order valence-electron chi connectivity index (χ1n) is 5.71. The van der Waals surface area contributed by atoms with Crippen molar-refractivity contribution < 1.29 is 9.59 Å². The first kappa shape index (κ1) is 13.2. The lowest BCUT2D eigenvalue weighted by Gasteiger charge is -2.12. The zero-order valence-corrected chi connectivity index (χ0v) is 10.2. The van der Waals surface area contributed by atoms with E-state index in [0.717, 1.165) is 23.2 Å². The molecule has 0 aliphatic rings. The maximum absolute atomic E-state index is 11.6. The molecule has 0 aromatic heterocycles. The van der Waals surface area contributed by atoms with Crippen LogP contribution < -0.4 is 11.1 Å². The molecule has 0 saturated carbocycles. The van der Waals surface area contributed by atoms with E-state index < -0.39 is 5.91 Å². The number of carbonyl (C=O) groups excluding carboxylic acids is 2. The maximum atomic E-state index is 11.6. The first-order chi connectivity index (χ1) is 8.04. The molecule has 2 amide bonds. The van der Waals surface area contributed by atoms with E-state index in [1.807, 2.05) is 32.0 Å². The van der Waals surface area contributed by atoms with Crippen LogP contribution >= 0.6 is 0 Å². The third-order valence-corrected chi connectivity index (χ3v) is 2.60. The van der Waals surface area contributed by atoms with Crippen LogP contribution in [0.2, 0.25) is 0 Å². The van der Waals surface area contributed by atoms with Crippen molar-refractivity contribution in [2.75, 3.05) is 5.32 Å². The molecule has 92 valence electrons. The molecular weight excluding hydrogens is 216 g/mol. The Hall–Kier alpha value is -1.84. The van der Waals surface area contributed by atoms with Crippen LogP contribution in [0, 0.1) is 6.92 Å². The van der Waals surface area contributed by atoms with Crippen molar-refractivity contribution in [3.8, 4) is 0 Å². The molecule has 4 heteroatoms. The third kappa shape index (κ3) is 3.90. The second-order valence-electron chi connectivity index (χ2n) is 3.98. The van der Waals surface area contributed by atoms with Crippen LogP contribution in [-0.4, -0.2) is 11.8 Å². The summed E-state index contributed by atoms with van der Waals surface area (Å²) in [5.41, 5.74) is 7.97. The van der Waals surface area contributed by atoms with Crippen LogP contribution in [0.5, 0.6) is 0 Å². The molecule has 0 bridgehead atoms. The summed E-state index contributed by atoms with van der Waals surface area (Å²) in [5.74, 6) is -0.631. The number of nitrogens with two attached hydrogens (primary N) is 1. The van der Waals surface area contributed by atoms with Crippen LogP contribution in [0.3, 0.4) is 0 Å². The van der Waals surface area contributed by atoms with E-state index in [1.54, 1.807) is 0 Å². The molecule has 17 heavy (non-hydrogen) atoms. The number of primary amides is 1. The molecule has 0 aliphatic heterocycles. The largest absolute Gasteiger partial charge is 0.370 e. The number of aryl methyl sites for hydroxylation is 2. The number of carbonyl (C=O) groups is 2. The zero-order chi connectivity index (χ0) is 12.8. The number of para-hydroxylation sites is 1. The number of benzene rings is 1. The second kappa shape index (κ2) is 6.03. The third-order valence-electron chi connectivity index (χ3n) is 2.60. The molecule has 0 radical (unpaired) electrons. The Balaban J connectivity index is 2.73. The fourth-order valence-corrected chi connectivity index (χ4v) is 1.64. The highest BCUT2D eigenvalue weighted by Crippen LogP contribution is 2.21.